The predicted octanol–water partition coefficient (Wildman–Crippen LogP) is 2.56. The minimum absolute atomic E-state index is 0. The van der Waals surface area contributed by atoms with E-state index in [0.717, 1.165) is 31.2 Å². The number of rotatable bonds is 4. The molecule has 21 heavy (non-hydrogen) atoms. The van der Waals surface area contributed by atoms with Crippen molar-refractivity contribution in [3.63, 3.8) is 0 Å². The summed E-state index contributed by atoms with van der Waals surface area (Å²) in [5.74, 6) is 0. The molecule has 1 fully saturated rings. The second-order valence-corrected chi connectivity index (χ2v) is 7.43. The highest BCUT2D eigenvalue weighted by Gasteiger charge is 2.35. The van der Waals surface area contributed by atoms with Gasteiger partial charge in [-0.2, -0.15) is 4.31 Å². The number of hydrogen-bond acceptors (Lipinski definition) is 3. The third kappa shape index (κ3) is 3.97. The van der Waals surface area contributed by atoms with Crippen LogP contribution in [0.4, 0.5) is 0 Å². The molecule has 0 aromatic heterocycles. The molecular formula is C15H25ClN2O2S. The van der Waals surface area contributed by atoms with E-state index in [1.807, 2.05) is 19.1 Å². The summed E-state index contributed by atoms with van der Waals surface area (Å²) in [6.07, 6.45) is 3.72. The number of aryl methyl sites for hydroxylation is 1. The average Bonchev–Trinajstić information content (AvgIpc) is 2.47. The molecule has 2 unspecified atom stereocenters. The van der Waals surface area contributed by atoms with Gasteiger partial charge in [0.1, 0.15) is 0 Å². The topological polar surface area (TPSA) is 63.4 Å². The van der Waals surface area contributed by atoms with Crippen LogP contribution in [0.15, 0.2) is 29.2 Å². The van der Waals surface area contributed by atoms with Gasteiger partial charge in [-0.3, -0.25) is 0 Å². The van der Waals surface area contributed by atoms with E-state index in [2.05, 4.69) is 6.92 Å². The Kier molecular flexibility index (Phi) is 6.66. The van der Waals surface area contributed by atoms with Gasteiger partial charge in [0, 0.05) is 18.6 Å². The molecule has 1 aliphatic rings. The summed E-state index contributed by atoms with van der Waals surface area (Å²) in [6, 6.07) is 6.97. The summed E-state index contributed by atoms with van der Waals surface area (Å²) < 4.78 is 27.1. The van der Waals surface area contributed by atoms with Crippen molar-refractivity contribution in [3.05, 3.63) is 29.8 Å². The van der Waals surface area contributed by atoms with Gasteiger partial charge in [-0.05, 0) is 43.9 Å². The molecule has 0 radical (unpaired) electrons. The fraction of sp³-hybridized carbons (Fsp3) is 0.600. The number of hydrogen-bond donors (Lipinski definition) is 1. The fourth-order valence-corrected chi connectivity index (χ4v) is 4.56. The lowest BCUT2D eigenvalue weighted by molar-refractivity contribution is 0.227. The van der Waals surface area contributed by atoms with Crippen LogP contribution in [0.5, 0.6) is 0 Å². The van der Waals surface area contributed by atoms with Crippen LogP contribution >= 0.6 is 12.4 Å². The molecular weight excluding hydrogens is 308 g/mol. The van der Waals surface area contributed by atoms with Gasteiger partial charge in [0.15, 0.2) is 0 Å². The predicted molar refractivity (Wildman–Crippen MR) is 88.2 cm³/mol. The monoisotopic (exact) mass is 332 g/mol. The van der Waals surface area contributed by atoms with Crippen molar-refractivity contribution in [2.75, 3.05) is 6.54 Å². The fourth-order valence-electron chi connectivity index (χ4n) is 2.79. The normalized spacial score (nSPS) is 21.6. The number of halogens is 1. The summed E-state index contributed by atoms with van der Waals surface area (Å²) in [5.41, 5.74) is 7.12. The minimum atomic E-state index is -3.43. The van der Waals surface area contributed by atoms with Gasteiger partial charge in [0.25, 0.3) is 0 Å². The smallest absolute Gasteiger partial charge is 0.243 e. The zero-order valence-electron chi connectivity index (χ0n) is 12.7. The maximum atomic E-state index is 12.8. The van der Waals surface area contributed by atoms with Crippen molar-refractivity contribution < 1.29 is 8.42 Å². The van der Waals surface area contributed by atoms with E-state index in [1.54, 1.807) is 16.4 Å². The highest BCUT2D eigenvalue weighted by atomic mass is 35.5. The Labute approximate surface area is 134 Å². The average molecular weight is 333 g/mol. The van der Waals surface area contributed by atoms with E-state index in [9.17, 15) is 8.42 Å². The summed E-state index contributed by atoms with van der Waals surface area (Å²) in [6.45, 7) is 4.52. The first-order valence-electron chi connectivity index (χ1n) is 7.33. The third-order valence-electron chi connectivity index (χ3n) is 4.04. The van der Waals surface area contributed by atoms with Crippen molar-refractivity contribution in [2.45, 2.75) is 56.5 Å². The SMILES string of the molecule is CCc1ccc(S(=O)(=O)N2CCCCC2C(C)N)cc1.Cl. The molecule has 2 rings (SSSR count). The number of piperidine rings is 1. The lowest BCUT2D eigenvalue weighted by Crippen LogP contribution is -2.51. The van der Waals surface area contributed by atoms with Crippen LogP contribution in [0, 0.1) is 0 Å². The van der Waals surface area contributed by atoms with Crippen LogP contribution < -0.4 is 5.73 Å². The van der Waals surface area contributed by atoms with Gasteiger partial charge >= 0.3 is 0 Å². The largest absolute Gasteiger partial charge is 0.326 e. The Balaban J connectivity index is 0.00000220. The molecule has 0 bridgehead atoms. The number of sulfonamides is 1. The molecule has 2 N–H and O–H groups in total. The number of nitrogens with zero attached hydrogens (tertiary/aromatic N) is 1. The molecule has 1 aromatic carbocycles. The number of nitrogens with two attached hydrogens (primary N) is 1. The quantitative estimate of drug-likeness (QED) is 0.921. The molecule has 120 valence electrons. The zero-order valence-corrected chi connectivity index (χ0v) is 14.3. The molecule has 0 aliphatic carbocycles. The molecule has 4 nitrogen and oxygen atoms in total. The van der Waals surface area contributed by atoms with Crippen molar-refractivity contribution in [1.29, 1.82) is 0 Å². The first-order chi connectivity index (χ1) is 9.46. The van der Waals surface area contributed by atoms with Gasteiger partial charge in [-0.1, -0.05) is 25.5 Å². The first kappa shape index (κ1) is 18.4. The molecule has 0 saturated carbocycles. The molecule has 1 saturated heterocycles. The van der Waals surface area contributed by atoms with Gasteiger partial charge in [-0.25, -0.2) is 8.42 Å². The van der Waals surface area contributed by atoms with Crippen LogP contribution in [-0.4, -0.2) is 31.4 Å². The van der Waals surface area contributed by atoms with Gasteiger partial charge < -0.3 is 5.73 Å². The molecule has 1 aromatic rings. The summed E-state index contributed by atoms with van der Waals surface area (Å²) in [7, 11) is -3.43. The van der Waals surface area contributed by atoms with E-state index < -0.39 is 10.0 Å². The molecule has 1 aliphatic heterocycles. The maximum absolute atomic E-state index is 12.8. The van der Waals surface area contributed by atoms with E-state index >= 15 is 0 Å². The lowest BCUT2D eigenvalue weighted by Gasteiger charge is -2.36. The van der Waals surface area contributed by atoms with Gasteiger partial charge in [0.2, 0.25) is 10.0 Å². The Morgan fingerprint density at radius 1 is 1.29 bits per heavy atom. The highest BCUT2D eigenvalue weighted by molar-refractivity contribution is 7.89. The van der Waals surface area contributed by atoms with Crippen molar-refractivity contribution >= 4 is 22.4 Å². The Hall–Kier alpha value is -0.620. The van der Waals surface area contributed by atoms with Crippen LogP contribution in [-0.2, 0) is 16.4 Å². The zero-order chi connectivity index (χ0) is 14.8. The molecule has 2 atom stereocenters. The van der Waals surface area contributed by atoms with Crippen molar-refractivity contribution in [3.8, 4) is 0 Å². The van der Waals surface area contributed by atoms with Crippen LogP contribution in [0.1, 0.15) is 38.7 Å². The second-order valence-electron chi connectivity index (χ2n) is 5.54. The van der Waals surface area contributed by atoms with Crippen LogP contribution in [0.2, 0.25) is 0 Å². The number of benzene rings is 1. The Bertz CT molecular complexity index is 543. The van der Waals surface area contributed by atoms with Crippen molar-refractivity contribution in [2.24, 2.45) is 5.73 Å². The second kappa shape index (κ2) is 7.58. The Morgan fingerprint density at radius 2 is 1.90 bits per heavy atom. The Morgan fingerprint density at radius 3 is 2.43 bits per heavy atom. The standard InChI is InChI=1S/C15H24N2O2S.ClH/c1-3-13-7-9-14(10-8-13)20(18,19)17-11-5-4-6-15(17)12(2)16;/h7-10,12,15H,3-6,11,16H2,1-2H3;1H. The molecule has 0 spiro atoms. The molecule has 0 amide bonds. The van der Waals surface area contributed by atoms with E-state index in [1.165, 1.54) is 0 Å². The molecule has 1 heterocycles. The van der Waals surface area contributed by atoms with Gasteiger partial charge in [-0.15, -0.1) is 12.4 Å². The third-order valence-corrected chi connectivity index (χ3v) is 5.98. The van der Waals surface area contributed by atoms with E-state index in [0.29, 0.717) is 11.4 Å². The summed E-state index contributed by atoms with van der Waals surface area (Å²) in [4.78, 5) is 0.377. The minimum Gasteiger partial charge on any atom is -0.326 e. The van der Waals surface area contributed by atoms with E-state index in [4.69, 9.17) is 5.73 Å². The first-order valence-corrected chi connectivity index (χ1v) is 8.77. The highest BCUT2D eigenvalue weighted by Crippen LogP contribution is 2.26. The summed E-state index contributed by atoms with van der Waals surface area (Å²) >= 11 is 0. The lowest BCUT2D eigenvalue weighted by atomic mass is 10.00. The van der Waals surface area contributed by atoms with E-state index in [-0.39, 0.29) is 24.5 Å². The maximum Gasteiger partial charge on any atom is 0.243 e. The molecule has 6 heteroatoms. The van der Waals surface area contributed by atoms with Crippen LogP contribution in [0.25, 0.3) is 0 Å². The van der Waals surface area contributed by atoms with Crippen LogP contribution in [0.3, 0.4) is 0 Å². The van der Waals surface area contributed by atoms with Gasteiger partial charge in [0.05, 0.1) is 4.90 Å². The van der Waals surface area contributed by atoms with Crippen molar-refractivity contribution in [1.82, 2.24) is 4.31 Å². The summed E-state index contributed by atoms with van der Waals surface area (Å²) in [5, 5.41) is 0.